The number of aliphatic hydroxyl groups is 1. The van der Waals surface area contributed by atoms with E-state index >= 15 is 0 Å². The molecule has 0 spiro atoms. The maximum Gasteiger partial charge on any atom is 0.175 e. The number of methoxy groups -OCH3 is 1. The predicted molar refractivity (Wildman–Crippen MR) is 102 cm³/mol. The third-order valence-corrected chi connectivity index (χ3v) is 4.02. The number of rotatable bonds is 8. The third kappa shape index (κ3) is 5.67. The van der Waals surface area contributed by atoms with Gasteiger partial charge in [0.05, 0.1) is 24.3 Å². The van der Waals surface area contributed by atoms with Crippen molar-refractivity contribution < 1.29 is 14.6 Å². The van der Waals surface area contributed by atoms with Crippen LogP contribution in [-0.4, -0.2) is 25.4 Å². The van der Waals surface area contributed by atoms with Crippen molar-refractivity contribution in [3.63, 3.8) is 0 Å². The van der Waals surface area contributed by atoms with Gasteiger partial charge in [-0.05, 0) is 46.1 Å². The molecule has 0 heterocycles. The molecule has 0 fully saturated rings. The summed E-state index contributed by atoms with van der Waals surface area (Å²) < 4.78 is 11.8. The molecule has 0 aliphatic heterocycles. The zero-order chi connectivity index (χ0) is 16.7. The molecule has 0 radical (unpaired) electrons. The van der Waals surface area contributed by atoms with Gasteiger partial charge < -0.3 is 19.9 Å². The zero-order valence-electron chi connectivity index (χ0n) is 13.8. The van der Waals surface area contributed by atoms with Gasteiger partial charge in [0.2, 0.25) is 0 Å². The van der Waals surface area contributed by atoms with Crippen LogP contribution < -0.4 is 14.8 Å². The molecule has 1 unspecified atom stereocenters. The normalized spacial score (nSPS) is 11.5. The summed E-state index contributed by atoms with van der Waals surface area (Å²) in [5.74, 6) is 1.41. The molecular weight excluding hydrogens is 394 g/mol. The van der Waals surface area contributed by atoms with Crippen molar-refractivity contribution >= 4 is 28.3 Å². The number of benzene rings is 2. The molecule has 2 N–H and O–H groups in total. The van der Waals surface area contributed by atoms with Gasteiger partial charge in [0, 0.05) is 13.1 Å². The molecule has 132 valence electrons. The Bertz CT molecular complexity index is 625. The van der Waals surface area contributed by atoms with E-state index in [1.165, 1.54) is 0 Å². The van der Waals surface area contributed by atoms with Crippen molar-refractivity contribution in [1.29, 1.82) is 0 Å². The average Bonchev–Trinajstić information content (AvgIpc) is 2.57. The Hall–Kier alpha value is -1.27. The van der Waals surface area contributed by atoms with Gasteiger partial charge in [-0.3, -0.25) is 0 Å². The molecule has 0 bridgehead atoms. The van der Waals surface area contributed by atoms with Crippen LogP contribution in [0.15, 0.2) is 46.9 Å². The summed E-state index contributed by atoms with van der Waals surface area (Å²) in [5.41, 5.74) is 1.96. The van der Waals surface area contributed by atoms with Gasteiger partial charge in [-0.25, -0.2) is 0 Å². The number of hydrogen-bond acceptors (Lipinski definition) is 4. The highest BCUT2D eigenvalue weighted by Gasteiger charge is 2.12. The van der Waals surface area contributed by atoms with Crippen LogP contribution in [0.3, 0.4) is 0 Å². The van der Waals surface area contributed by atoms with E-state index in [1.807, 2.05) is 49.4 Å². The van der Waals surface area contributed by atoms with Crippen LogP contribution in [0, 0.1) is 0 Å². The Labute approximate surface area is 157 Å². The van der Waals surface area contributed by atoms with Gasteiger partial charge in [-0.1, -0.05) is 30.3 Å². The molecule has 24 heavy (non-hydrogen) atoms. The second-order valence-electron chi connectivity index (χ2n) is 5.10. The summed E-state index contributed by atoms with van der Waals surface area (Å²) >= 11 is 3.52. The van der Waals surface area contributed by atoms with Gasteiger partial charge in [-0.2, -0.15) is 0 Å². The third-order valence-electron chi connectivity index (χ3n) is 3.43. The molecule has 2 aromatic rings. The molecule has 0 aliphatic rings. The summed E-state index contributed by atoms with van der Waals surface area (Å²) in [6.45, 7) is 3.63. The Balaban J connectivity index is 0.00000288. The monoisotopic (exact) mass is 415 g/mol. The van der Waals surface area contributed by atoms with Gasteiger partial charge in [0.1, 0.15) is 0 Å². The van der Waals surface area contributed by atoms with Crippen molar-refractivity contribution in [2.75, 3.05) is 20.3 Å². The van der Waals surface area contributed by atoms with Crippen molar-refractivity contribution in [2.24, 2.45) is 0 Å². The maximum absolute atomic E-state index is 10.2. The van der Waals surface area contributed by atoms with E-state index in [0.29, 0.717) is 31.2 Å². The first-order chi connectivity index (χ1) is 11.2. The van der Waals surface area contributed by atoms with Crippen molar-refractivity contribution in [3.8, 4) is 11.5 Å². The van der Waals surface area contributed by atoms with E-state index in [1.54, 1.807) is 7.11 Å². The second-order valence-corrected chi connectivity index (χ2v) is 5.95. The smallest absolute Gasteiger partial charge is 0.175 e. The topological polar surface area (TPSA) is 50.7 Å². The minimum atomic E-state index is -0.524. The highest BCUT2D eigenvalue weighted by atomic mass is 79.9. The van der Waals surface area contributed by atoms with Crippen LogP contribution >= 0.6 is 28.3 Å². The summed E-state index contributed by atoms with van der Waals surface area (Å²) in [6.07, 6.45) is -0.524. The lowest BCUT2D eigenvalue weighted by Gasteiger charge is -2.15. The van der Waals surface area contributed by atoms with E-state index in [-0.39, 0.29) is 12.4 Å². The summed E-state index contributed by atoms with van der Waals surface area (Å²) in [7, 11) is 1.63. The van der Waals surface area contributed by atoms with Gasteiger partial charge >= 0.3 is 0 Å². The van der Waals surface area contributed by atoms with Crippen LogP contribution in [0.25, 0.3) is 0 Å². The quantitative estimate of drug-likeness (QED) is 0.680. The predicted octanol–water partition coefficient (Wildman–Crippen LogP) is 4.10. The highest BCUT2D eigenvalue weighted by molar-refractivity contribution is 9.10. The van der Waals surface area contributed by atoms with E-state index in [4.69, 9.17) is 9.47 Å². The van der Waals surface area contributed by atoms with Gasteiger partial charge in [-0.15, -0.1) is 12.4 Å². The Morgan fingerprint density at radius 1 is 1.21 bits per heavy atom. The first kappa shape index (κ1) is 20.8. The summed E-state index contributed by atoms with van der Waals surface area (Å²) in [5, 5.41) is 13.4. The van der Waals surface area contributed by atoms with Crippen molar-refractivity contribution in [2.45, 2.75) is 19.6 Å². The zero-order valence-corrected chi connectivity index (χ0v) is 16.2. The second kappa shape index (κ2) is 10.6. The SMILES string of the molecule is CCOc1c(Br)cc(CNCC(O)c2ccccc2)cc1OC.Cl. The summed E-state index contributed by atoms with van der Waals surface area (Å²) in [4.78, 5) is 0. The molecule has 2 rings (SSSR count). The molecule has 4 nitrogen and oxygen atoms in total. The average molecular weight is 417 g/mol. The van der Waals surface area contributed by atoms with Crippen molar-refractivity contribution in [1.82, 2.24) is 5.32 Å². The maximum atomic E-state index is 10.2. The molecular formula is C18H23BrClNO3. The number of aliphatic hydroxyl groups excluding tert-OH is 1. The minimum absolute atomic E-state index is 0. The standard InChI is InChI=1S/C18H22BrNO3.ClH/c1-3-23-18-15(19)9-13(10-17(18)22-2)11-20-12-16(21)14-7-5-4-6-8-14;/h4-10,16,20-21H,3,11-12H2,1-2H3;1H. The number of nitrogens with one attached hydrogen (secondary N) is 1. The minimum Gasteiger partial charge on any atom is -0.493 e. The number of ether oxygens (including phenoxy) is 2. The molecule has 2 aromatic carbocycles. The highest BCUT2D eigenvalue weighted by Crippen LogP contribution is 2.36. The van der Waals surface area contributed by atoms with E-state index < -0.39 is 6.10 Å². The Kier molecular flexibility index (Phi) is 9.14. The fourth-order valence-corrected chi connectivity index (χ4v) is 2.91. The Morgan fingerprint density at radius 2 is 1.92 bits per heavy atom. The number of hydrogen-bond donors (Lipinski definition) is 2. The fraction of sp³-hybridized carbons (Fsp3) is 0.333. The van der Waals surface area contributed by atoms with Crippen LogP contribution in [0.2, 0.25) is 0 Å². The lowest BCUT2D eigenvalue weighted by Crippen LogP contribution is -2.21. The van der Waals surface area contributed by atoms with E-state index in [9.17, 15) is 5.11 Å². The molecule has 0 saturated carbocycles. The van der Waals surface area contributed by atoms with Crippen molar-refractivity contribution in [3.05, 3.63) is 58.1 Å². The molecule has 0 aromatic heterocycles. The molecule has 6 heteroatoms. The van der Waals surface area contributed by atoms with E-state index in [0.717, 1.165) is 15.6 Å². The van der Waals surface area contributed by atoms with Crippen LogP contribution in [0.5, 0.6) is 11.5 Å². The molecule has 0 aliphatic carbocycles. The largest absolute Gasteiger partial charge is 0.493 e. The van der Waals surface area contributed by atoms with E-state index in [2.05, 4.69) is 21.2 Å². The number of halogens is 2. The first-order valence-corrected chi connectivity index (χ1v) is 8.38. The fourth-order valence-electron chi connectivity index (χ4n) is 2.31. The molecule has 1 atom stereocenters. The van der Waals surface area contributed by atoms with Gasteiger partial charge in [0.15, 0.2) is 11.5 Å². The first-order valence-electron chi connectivity index (χ1n) is 7.58. The lowest BCUT2D eigenvalue weighted by molar-refractivity contribution is 0.174. The summed E-state index contributed by atoms with van der Waals surface area (Å²) in [6, 6.07) is 13.6. The Morgan fingerprint density at radius 3 is 2.54 bits per heavy atom. The molecule has 0 saturated heterocycles. The van der Waals surface area contributed by atoms with Gasteiger partial charge in [0.25, 0.3) is 0 Å². The molecule has 0 amide bonds. The van der Waals surface area contributed by atoms with Crippen LogP contribution in [0.1, 0.15) is 24.2 Å². The van der Waals surface area contributed by atoms with Crippen LogP contribution in [0.4, 0.5) is 0 Å². The lowest BCUT2D eigenvalue weighted by atomic mass is 10.1. The van der Waals surface area contributed by atoms with Crippen LogP contribution in [-0.2, 0) is 6.54 Å².